The number of rotatable bonds is 2. The smallest absolute Gasteiger partial charge is 0.0852 e. The molecule has 1 aromatic heterocycles. The van der Waals surface area contributed by atoms with Gasteiger partial charge in [0, 0.05) is 0 Å². The van der Waals surface area contributed by atoms with E-state index in [4.69, 9.17) is 0 Å². The molecule has 0 aliphatic carbocycles. The Morgan fingerprint density at radius 1 is 1.45 bits per heavy atom. The van der Waals surface area contributed by atoms with Crippen molar-refractivity contribution in [1.29, 1.82) is 0 Å². The maximum absolute atomic E-state index is 4.29. The summed E-state index contributed by atoms with van der Waals surface area (Å²) < 4.78 is 0. The average molecular weight is 171 g/mol. The Balaban J connectivity index is 2.82. The molecule has 1 heterocycles. The zero-order valence-electron chi connectivity index (χ0n) is 7.15. The molecule has 11 heavy (non-hydrogen) atoms. The van der Waals surface area contributed by atoms with Crippen LogP contribution in [0.25, 0.3) is 0 Å². The Labute approximate surface area is 69.4 Å². The van der Waals surface area contributed by atoms with Crippen LogP contribution in [-0.2, 0) is 0 Å². The van der Waals surface area contributed by atoms with Gasteiger partial charge in [-0.25, -0.2) is 0 Å². The summed E-state index contributed by atoms with van der Waals surface area (Å²) in [5.41, 5.74) is 1.05. The molecule has 3 nitrogen and oxygen atoms in total. The minimum atomic E-state index is 0.280. The summed E-state index contributed by atoms with van der Waals surface area (Å²) in [6, 6.07) is 0. The Morgan fingerprint density at radius 3 is 2.36 bits per heavy atom. The lowest BCUT2D eigenvalue weighted by Gasteiger charge is -2.01. The molecule has 62 valence electrons. The van der Waals surface area contributed by atoms with Crippen molar-refractivity contribution in [1.82, 2.24) is 15.0 Å². The normalized spacial score (nSPS) is 13.9. The highest BCUT2D eigenvalue weighted by atomic mass is 31.0. The molecule has 0 saturated heterocycles. The quantitative estimate of drug-likeness (QED) is 0.635. The summed E-state index contributed by atoms with van der Waals surface area (Å²) in [7, 11) is 2.66. The van der Waals surface area contributed by atoms with Crippen LogP contribution in [0.2, 0.25) is 0 Å². The second kappa shape index (κ2) is 3.31. The van der Waals surface area contributed by atoms with Crippen LogP contribution >= 0.6 is 9.24 Å². The molecule has 0 bridgehead atoms. The number of nitrogens with zero attached hydrogens (tertiary/aromatic N) is 3. The van der Waals surface area contributed by atoms with Gasteiger partial charge in [-0.2, -0.15) is 15.0 Å². The van der Waals surface area contributed by atoms with Crippen molar-refractivity contribution < 1.29 is 0 Å². The largest absolute Gasteiger partial charge is 0.178 e. The van der Waals surface area contributed by atoms with Gasteiger partial charge in [0.2, 0.25) is 0 Å². The molecule has 0 aromatic carbocycles. The predicted octanol–water partition coefficient (Wildman–Crippen LogP) is 1.80. The van der Waals surface area contributed by atoms with E-state index >= 15 is 0 Å². The Bertz CT molecular complexity index is 207. The predicted molar refractivity (Wildman–Crippen MR) is 48.5 cm³/mol. The average Bonchev–Trinajstić information content (AvgIpc) is 2.33. The van der Waals surface area contributed by atoms with Gasteiger partial charge in [-0.05, 0) is 12.8 Å². The van der Waals surface area contributed by atoms with Crippen LogP contribution in [0.15, 0.2) is 6.20 Å². The van der Waals surface area contributed by atoms with E-state index < -0.39 is 0 Å². The summed E-state index contributed by atoms with van der Waals surface area (Å²) in [5.74, 6) is 0.745. The third-order valence-corrected chi connectivity index (χ3v) is 1.75. The molecule has 0 fully saturated rings. The second-order valence-electron chi connectivity index (χ2n) is 2.99. The summed E-state index contributed by atoms with van der Waals surface area (Å²) in [6.07, 6.45) is 1.82. The third kappa shape index (κ3) is 2.00. The zero-order chi connectivity index (χ0) is 8.43. The minimum absolute atomic E-state index is 0.280. The number of aromatic nitrogens is 3. The fourth-order valence-corrected chi connectivity index (χ4v) is 0.893. The molecule has 2 unspecified atom stereocenters. The van der Waals surface area contributed by atoms with E-state index in [2.05, 4.69) is 33.3 Å². The van der Waals surface area contributed by atoms with Gasteiger partial charge in [-0.15, -0.1) is 9.24 Å². The van der Waals surface area contributed by atoms with E-state index in [-0.39, 0.29) is 5.78 Å². The third-order valence-electron chi connectivity index (χ3n) is 1.48. The van der Waals surface area contributed by atoms with Crippen LogP contribution in [0.3, 0.4) is 0 Å². The summed E-state index contributed by atoms with van der Waals surface area (Å²) in [4.78, 5) is 1.71. The number of hydrogen-bond donors (Lipinski definition) is 0. The molecule has 0 aliphatic heterocycles. The highest BCUT2D eigenvalue weighted by Crippen LogP contribution is 2.14. The highest BCUT2D eigenvalue weighted by molar-refractivity contribution is 7.16. The van der Waals surface area contributed by atoms with E-state index in [9.17, 15) is 0 Å². The standard InChI is InChI=1S/C7H14N3P/c1-5(2)7-4-8-10(9-7)6(3)11/h4-6H,11H2,1-3H3. The van der Waals surface area contributed by atoms with Gasteiger partial charge >= 0.3 is 0 Å². The van der Waals surface area contributed by atoms with Gasteiger partial charge in [-0.3, -0.25) is 0 Å². The van der Waals surface area contributed by atoms with Gasteiger partial charge in [0.25, 0.3) is 0 Å². The zero-order valence-corrected chi connectivity index (χ0v) is 8.31. The Morgan fingerprint density at radius 2 is 2.09 bits per heavy atom. The molecule has 0 N–H and O–H groups in total. The van der Waals surface area contributed by atoms with Crippen molar-refractivity contribution in [2.24, 2.45) is 0 Å². The fraction of sp³-hybridized carbons (Fsp3) is 0.714. The molecule has 1 rings (SSSR count). The van der Waals surface area contributed by atoms with Crippen molar-refractivity contribution in [3.8, 4) is 0 Å². The van der Waals surface area contributed by atoms with Crippen molar-refractivity contribution >= 4 is 9.24 Å². The molecule has 4 heteroatoms. The van der Waals surface area contributed by atoms with Gasteiger partial charge < -0.3 is 0 Å². The van der Waals surface area contributed by atoms with E-state index in [0.717, 1.165) is 5.69 Å². The highest BCUT2D eigenvalue weighted by Gasteiger charge is 2.05. The molecule has 0 spiro atoms. The number of hydrogen-bond acceptors (Lipinski definition) is 2. The first-order valence-corrected chi connectivity index (χ1v) is 4.45. The van der Waals surface area contributed by atoms with Crippen LogP contribution < -0.4 is 0 Å². The van der Waals surface area contributed by atoms with E-state index in [1.54, 1.807) is 4.80 Å². The van der Waals surface area contributed by atoms with Crippen molar-refractivity contribution in [2.75, 3.05) is 0 Å². The molecule has 0 aliphatic rings. The van der Waals surface area contributed by atoms with Crippen LogP contribution in [-0.4, -0.2) is 15.0 Å². The Kier molecular flexibility index (Phi) is 2.61. The first-order chi connectivity index (χ1) is 5.11. The molecule has 0 radical (unpaired) electrons. The van der Waals surface area contributed by atoms with Crippen molar-refractivity contribution in [2.45, 2.75) is 32.5 Å². The second-order valence-corrected chi connectivity index (χ2v) is 3.95. The summed E-state index contributed by atoms with van der Waals surface area (Å²) >= 11 is 0. The van der Waals surface area contributed by atoms with Crippen molar-refractivity contribution in [3.05, 3.63) is 11.9 Å². The molecular formula is C7H14N3P. The van der Waals surface area contributed by atoms with E-state index in [0.29, 0.717) is 5.92 Å². The molecule has 2 atom stereocenters. The van der Waals surface area contributed by atoms with Crippen molar-refractivity contribution in [3.63, 3.8) is 0 Å². The van der Waals surface area contributed by atoms with Crippen LogP contribution in [0, 0.1) is 0 Å². The minimum Gasteiger partial charge on any atom is -0.178 e. The summed E-state index contributed by atoms with van der Waals surface area (Å²) in [6.45, 7) is 6.26. The van der Waals surface area contributed by atoms with Crippen LogP contribution in [0.5, 0.6) is 0 Å². The Hall–Kier alpha value is -0.430. The monoisotopic (exact) mass is 171 g/mol. The lowest BCUT2D eigenvalue weighted by molar-refractivity contribution is 0.546. The molecular weight excluding hydrogens is 157 g/mol. The topological polar surface area (TPSA) is 30.7 Å². The maximum Gasteiger partial charge on any atom is 0.0852 e. The van der Waals surface area contributed by atoms with Gasteiger partial charge in [0.15, 0.2) is 0 Å². The van der Waals surface area contributed by atoms with Gasteiger partial charge in [0.05, 0.1) is 17.7 Å². The SMILES string of the molecule is CC(C)c1cnn(C(C)P)n1. The maximum atomic E-state index is 4.29. The van der Waals surface area contributed by atoms with E-state index in [1.807, 2.05) is 13.1 Å². The molecule has 1 aromatic rings. The lowest BCUT2D eigenvalue weighted by Crippen LogP contribution is -2.02. The fourth-order valence-electron chi connectivity index (χ4n) is 0.749. The lowest BCUT2D eigenvalue weighted by atomic mass is 10.2. The molecule has 0 saturated carbocycles. The summed E-state index contributed by atoms with van der Waals surface area (Å²) in [5, 5.41) is 8.42. The first-order valence-electron chi connectivity index (χ1n) is 3.78. The van der Waals surface area contributed by atoms with Gasteiger partial charge in [0.1, 0.15) is 0 Å². The molecule has 0 amide bonds. The first kappa shape index (κ1) is 8.66. The van der Waals surface area contributed by atoms with E-state index in [1.165, 1.54) is 0 Å². The van der Waals surface area contributed by atoms with Crippen LogP contribution in [0.1, 0.15) is 38.2 Å². The van der Waals surface area contributed by atoms with Crippen LogP contribution in [0.4, 0.5) is 0 Å². The van der Waals surface area contributed by atoms with Gasteiger partial charge in [-0.1, -0.05) is 13.8 Å².